The molecule has 2 aromatic rings. The number of hydrogen-bond donors (Lipinski definition) is 1. The molecule has 5 heteroatoms. The van der Waals surface area contributed by atoms with E-state index >= 15 is 0 Å². The first kappa shape index (κ1) is 15.2. The summed E-state index contributed by atoms with van der Waals surface area (Å²) < 4.78 is 0. The van der Waals surface area contributed by atoms with E-state index in [1.54, 1.807) is 11.1 Å². The maximum Gasteiger partial charge on any atom is 0.308 e. The monoisotopic (exact) mass is 310 g/mol. The minimum Gasteiger partial charge on any atom is -0.481 e. The molecule has 0 aliphatic carbocycles. The van der Waals surface area contributed by atoms with Gasteiger partial charge in [0.15, 0.2) is 0 Å². The number of carboxylic acids is 1. The van der Waals surface area contributed by atoms with Gasteiger partial charge in [0.25, 0.3) is 5.91 Å². The van der Waals surface area contributed by atoms with Gasteiger partial charge in [-0.25, -0.2) is 0 Å². The molecule has 1 amide bonds. The molecule has 1 aliphatic rings. The van der Waals surface area contributed by atoms with Gasteiger partial charge in [-0.3, -0.25) is 14.6 Å². The highest BCUT2D eigenvalue weighted by atomic mass is 16.4. The molecule has 1 aromatic heterocycles. The zero-order valence-electron chi connectivity index (χ0n) is 12.9. The quantitative estimate of drug-likeness (QED) is 0.946. The van der Waals surface area contributed by atoms with E-state index in [2.05, 4.69) is 4.98 Å². The Morgan fingerprint density at radius 1 is 1.17 bits per heavy atom. The van der Waals surface area contributed by atoms with Gasteiger partial charge in [0.2, 0.25) is 0 Å². The summed E-state index contributed by atoms with van der Waals surface area (Å²) in [4.78, 5) is 29.3. The summed E-state index contributed by atoms with van der Waals surface area (Å²) in [5.41, 5.74) is 3.55. The van der Waals surface area contributed by atoms with Crippen LogP contribution in [0, 0.1) is 12.8 Å². The van der Waals surface area contributed by atoms with Crippen LogP contribution in [0.15, 0.2) is 42.7 Å². The maximum atomic E-state index is 12.5. The van der Waals surface area contributed by atoms with Crippen molar-refractivity contribution in [3.63, 3.8) is 0 Å². The standard InChI is InChI=1S/C18H18N2O3/c1-12-2-4-13(5-3-12)15-8-16(10-19-9-15)17(21)20-7-6-14(11-20)18(22)23/h2-5,8-10,14H,6-7,11H2,1H3,(H,22,23)/t14-/m1/s1. The van der Waals surface area contributed by atoms with Gasteiger partial charge in [-0.15, -0.1) is 0 Å². The number of benzene rings is 1. The Kier molecular flexibility index (Phi) is 4.10. The van der Waals surface area contributed by atoms with Crippen LogP contribution in [0.4, 0.5) is 0 Å². The minimum absolute atomic E-state index is 0.157. The number of aromatic nitrogens is 1. The van der Waals surface area contributed by atoms with E-state index in [1.807, 2.05) is 37.3 Å². The van der Waals surface area contributed by atoms with E-state index in [9.17, 15) is 9.59 Å². The number of pyridine rings is 1. The summed E-state index contributed by atoms with van der Waals surface area (Å²) in [6.07, 6.45) is 3.77. The minimum atomic E-state index is -0.841. The van der Waals surface area contributed by atoms with E-state index in [1.165, 1.54) is 11.8 Å². The Morgan fingerprint density at radius 2 is 1.91 bits per heavy atom. The van der Waals surface area contributed by atoms with Crippen molar-refractivity contribution in [1.29, 1.82) is 0 Å². The van der Waals surface area contributed by atoms with Crippen molar-refractivity contribution in [3.8, 4) is 11.1 Å². The number of nitrogens with zero attached hydrogens (tertiary/aromatic N) is 2. The number of likely N-dealkylation sites (tertiary alicyclic amines) is 1. The molecule has 2 heterocycles. The average molecular weight is 310 g/mol. The molecule has 0 radical (unpaired) electrons. The third-order valence-corrected chi connectivity index (χ3v) is 4.19. The van der Waals surface area contributed by atoms with Gasteiger partial charge in [-0.05, 0) is 25.0 Å². The van der Waals surface area contributed by atoms with Crippen molar-refractivity contribution >= 4 is 11.9 Å². The van der Waals surface area contributed by atoms with Crippen LogP contribution in [-0.2, 0) is 4.79 Å². The van der Waals surface area contributed by atoms with Gasteiger partial charge in [-0.1, -0.05) is 29.8 Å². The molecule has 0 spiro atoms. The maximum absolute atomic E-state index is 12.5. The molecule has 118 valence electrons. The molecule has 1 aromatic carbocycles. The van der Waals surface area contributed by atoms with E-state index in [0.29, 0.717) is 18.5 Å². The zero-order chi connectivity index (χ0) is 16.4. The van der Waals surface area contributed by atoms with E-state index < -0.39 is 11.9 Å². The highest BCUT2D eigenvalue weighted by Crippen LogP contribution is 2.23. The van der Waals surface area contributed by atoms with Crippen LogP contribution < -0.4 is 0 Å². The topological polar surface area (TPSA) is 70.5 Å². The van der Waals surface area contributed by atoms with Crippen LogP contribution in [-0.4, -0.2) is 40.0 Å². The first-order valence-electron chi connectivity index (χ1n) is 7.59. The van der Waals surface area contributed by atoms with Crippen molar-refractivity contribution in [2.45, 2.75) is 13.3 Å². The largest absolute Gasteiger partial charge is 0.481 e. The predicted octanol–water partition coefficient (Wildman–Crippen LogP) is 2.60. The molecule has 1 N–H and O–H groups in total. The smallest absolute Gasteiger partial charge is 0.308 e. The van der Waals surface area contributed by atoms with Gasteiger partial charge in [-0.2, -0.15) is 0 Å². The SMILES string of the molecule is Cc1ccc(-c2cncc(C(=O)N3CC[C@@H](C(=O)O)C3)c2)cc1. The van der Waals surface area contributed by atoms with Crippen molar-refractivity contribution in [1.82, 2.24) is 9.88 Å². The molecular formula is C18H18N2O3. The van der Waals surface area contributed by atoms with Crippen LogP contribution in [0.2, 0.25) is 0 Å². The predicted molar refractivity (Wildman–Crippen MR) is 86.1 cm³/mol. The average Bonchev–Trinajstić information content (AvgIpc) is 3.05. The summed E-state index contributed by atoms with van der Waals surface area (Å²) in [7, 11) is 0. The number of rotatable bonds is 3. The van der Waals surface area contributed by atoms with Crippen LogP contribution >= 0.6 is 0 Å². The Hall–Kier alpha value is -2.69. The fraction of sp³-hybridized carbons (Fsp3) is 0.278. The molecule has 1 saturated heterocycles. The summed E-state index contributed by atoms with van der Waals surface area (Å²) in [5.74, 6) is -1.46. The third-order valence-electron chi connectivity index (χ3n) is 4.19. The number of aryl methyl sites for hydroxylation is 1. The summed E-state index contributed by atoms with van der Waals surface area (Å²) >= 11 is 0. The van der Waals surface area contributed by atoms with Gasteiger partial charge in [0.05, 0.1) is 11.5 Å². The van der Waals surface area contributed by atoms with Crippen molar-refractivity contribution in [2.75, 3.05) is 13.1 Å². The second-order valence-corrected chi connectivity index (χ2v) is 5.90. The molecule has 0 bridgehead atoms. The number of aliphatic carboxylic acids is 1. The molecule has 1 fully saturated rings. The number of hydrogen-bond acceptors (Lipinski definition) is 3. The number of carboxylic acid groups (broad SMARTS) is 1. The highest BCUT2D eigenvalue weighted by molar-refractivity contribution is 5.95. The third kappa shape index (κ3) is 3.23. The van der Waals surface area contributed by atoms with Crippen LogP contribution in [0.1, 0.15) is 22.3 Å². The second-order valence-electron chi connectivity index (χ2n) is 5.90. The van der Waals surface area contributed by atoms with Crippen LogP contribution in [0.5, 0.6) is 0 Å². The zero-order valence-corrected chi connectivity index (χ0v) is 12.9. The number of carbonyl (C=O) groups excluding carboxylic acids is 1. The second kappa shape index (κ2) is 6.20. The van der Waals surface area contributed by atoms with Crippen LogP contribution in [0.25, 0.3) is 11.1 Å². The highest BCUT2D eigenvalue weighted by Gasteiger charge is 2.31. The Morgan fingerprint density at radius 3 is 2.57 bits per heavy atom. The van der Waals surface area contributed by atoms with E-state index in [-0.39, 0.29) is 12.5 Å². The van der Waals surface area contributed by atoms with Crippen molar-refractivity contribution in [3.05, 3.63) is 53.9 Å². The lowest BCUT2D eigenvalue weighted by Crippen LogP contribution is -2.30. The van der Waals surface area contributed by atoms with Gasteiger partial charge in [0.1, 0.15) is 0 Å². The van der Waals surface area contributed by atoms with Crippen molar-refractivity contribution < 1.29 is 14.7 Å². The van der Waals surface area contributed by atoms with Crippen molar-refractivity contribution in [2.24, 2.45) is 5.92 Å². The first-order valence-corrected chi connectivity index (χ1v) is 7.59. The number of amides is 1. The van der Waals surface area contributed by atoms with Gasteiger partial charge in [0, 0.05) is 31.0 Å². The van der Waals surface area contributed by atoms with Gasteiger partial charge < -0.3 is 10.0 Å². The summed E-state index contributed by atoms with van der Waals surface area (Å²) in [6.45, 7) is 2.77. The fourth-order valence-electron chi connectivity index (χ4n) is 2.79. The molecule has 0 saturated carbocycles. The summed E-state index contributed by atoms with van der Waals surface area (Å²) in [5, 5.41) is 9.05. The Balaban J connectivity index is 1.81. The molecule has 5 nitrogen and oxygen atoms in total. The molecule has 1 aliphatic heterocycles. The normalized spacial score (nSPS) is 17.3. The summed E-state index contributed by atoms with van der Waals surface area (Å²) in [6, 6.07) is 9.84. The Labute approximate surface area is 134 Å². The van der Waals surface area contributed by atoms with Crippen LogP contribution in [0.3, 0.4) is 0 Å². The Bertz CT molecular complexity index is 740. The molecular weight excluding hydrogens is 292 g/mol. The number of carbonyl (C=O) groups is 2. The molecule has 0 unspecified atom stereocenters. The first-order chi connectivity index (χ1) is 11.0. The lowest BCUT2D eigenvalue weighted by atomic mass is 10.0. The lowest BCUT2D eigenvalue weighted by molar-refractivity contribution is -0.141. The van der Waals surface area contributed by atoms with E-state index in [0.717, 1.165) is 11.1 Å². The molecule has 3 rings (SSSR count). The molecule has 23 heavy (non-hydrogen) atoms. The fourth-order valence-corrected chi connectivity index (χ4v) is 2.79. The van der Waals surface area contributed by atoms with E-state index in [4.69, 9.17) is 5.11 Å². The molecule has 1 atom stereocenters. The lowest BCUT2D eigenvalue weighted by Gasteiger charge is -2.16. The van der Waals surface area contributed by atoms with Gasteiger partial charge >= 0.3 is 5.97 Å².